The molecule has 1 heterocycles. The zero-order valence-corrected chi connectivity index (χ0v) is 13.3. The van der Waals surface area contributed by atoms with Gasteiger partial charge in [0.05, 0.1) is 23.8 Å². The zero-order valence-electron chi connectivity index (χ0n) is 13.3. The number of carbonyl (C=O) groups excluding carboxylic acids is 2. The van der Waals surface area contributed by atoms with E-state index in [4.69, 9.17) is 4.74 Å². The fraction of sp³-hybridized carbons (Fsp3) is 0.529. The van der Waals surface area contributed by atoms with E-state index in [1.165, 1.54) is 18.2 Å². The molecule has 1 unspecified atom stereocenters. The van der Waals surface area contributed by atoms with Gasteiger partial charge in [-0.3, -0.25) is 9.59 Å². The lowest BCUT2D eigenvalue weighted by Gasteiger charge is -2.44. The summed E-state index contributed by atoms with van der Waals surface area (Å²) in [6.07, 6.45) is 0.0875. The molecule has 1 aromatic carbocycles. The first-order chi connectivity index (χ1) is 10.3. The van der Waals surface area contributed by atoms with Crippen molar-refractivity contribution in [2.75, 3.05) is 13.2 Å². The maximum atomic E-state index is 13.6. The maximum Gasteiger partial charge on any atom is 0.223 e. The Hall–Kier alpha value is -1.75. The van der Waals surface area contributed by atoms with Crippen LogP contribution < -0.4 is 0 Å². The fourth-order valence-electron chi connectivity index (χ4n) is 2.60. The summed E-state index contributed by atoms with van der Waals surface area (Å²) < 4.78 is 19.1. The number of rotatable bonds is 4. The molecule has 1 aliphatic rings. The van der Waals surface area contributed by atoms with Crippen LogP contribution in [0.15, 0.2) is 24.3 Å². The first-order valence-electron chi connectivity index (χ1n) is 7.51. The molecule has 1 aromatic rings. The van der Waals surface area contributed by atoms with E-state index in [9.17, 15) is 14.0 Å². The van der Waals surface area contributed by atoms with E-state index in [1.807, 2.05) is 20.8 Å². The average Bonchev–Trinajstić information content (AvgIpc) is 2.47. The molecular weight excluding hydrogens is 285 g/mol. The summed E-state index contributed by atoms with van der Waals surface area (Å²) in [5, 5.41) is 0. The average molecular weight is 307 g/mol. The third-order valence-electron chi connectivity index (χ3n) is 3.93. The number of ketones is 1. The van der Waals surface area contributed by atoms with Crippen LogP contribution >= 0.6 is 0 Å². The lowest BCUT2D eigenvalue weighted by molar-refractivity contribution is -0.152. The van der Waals surface area contributed by atoms with Crippen LogP contribution in [0.25, 0.3) is 0 Å². The molecule has 1 fully saturated rings. The van der Waals surface area contributed by atoms with Gasteiger partial charge in [-0.05, 0) is 32.9 Å². The number of carbonyl (C=O) groups is 2. The number of amides is 1. The van der Waals surface area contributed by atoms with Gasteiger partial charge in [-0.1, -0.05) is 12.1 Å². The van der Waals surface area contributed by atoms with E-state index in [0.29, 0.717) is 13.2 Å². The zero-order chi connectivity index (χ0) is 16.3. The van der Waals surface area contributed by atoms with Gasteiger partial charge in [-0.2, -0.15) is 0 Å². The quantitative estimate of drug-likeness (QED) is 0.804. The first-order valence-corrected chi connectivity index (χ1v) is 7.51. The Bertz CT molecular complexity index is 571. The highest BCUT2D eigenvalue weighted by Crippen LogP contribution is 2.23. The van der Waals surface area contributed by atoms with Crippen molar-refractivity contribution < 1.29 is 18.7 Å². The van der Waals surface area contributed by atoms with Crippen LogP contribution in [0.4, 0.5) is 4.39 Å². The van der Waals surface area contributed by atoms with Crippen LogP contribution in [-0.2, 0) is 9.53 Å². The van der Waals surface area contributed by atoms with Crippen LogP contribution in [0.5, 0.6) is 0 Å². The van der Waals surface area contributed by atoms with Gasteiger partial charge in [0, 0.05) is 19.4 Å². The fourth-order valence-corrected chi connectivity index (χ4v) is 2.60. The third kappa shape index (κ3) is 3.71. The van der Waals surface area contributed by atoms with Gasteiger partial charge in [0.25, 0.3) is 0 Å². The smallest absolute Gasteiger partial charge is 0.223 e. The molecule has 0 radical (unpaired) electrons. The number of benzene rings is 1. The molecule has 0 saturated carbocycles. The molecule has 0 spiro atoms. The lowest BCUT2D eigenvalue weighted by atomic mass is 9.99. The molecule has 0 N–H and O–H groups in total. The van der Waals surface area contributed by atoms with E-state index in [2.05, 4.69) is 0 Å². The lowest BCUT2D eigenvalue weighted by Crippen LogP contribution is -2.57. The minimum atomic E-state index is -0.541. The van der Waals surface area contributed by atoms with Crippen LogP contribution in [0.2, 0.25) is 0 Å². The van der Waals surface area contributed by atoms with Gasteiger partial charge in [-0.15, -0.1) is 0 Å². The van der Waals surface area contributed by atoms with Crippen LogP contribution in [-0.4, -0.2) is 41.4 Å². The summed E-state index contributed by atoms with van der Waals surface area (Å²) >= 11 is 0. The highest BCUT2D eigenvalue weighted by Gasteiger charge is 2.36. The molecule has 1 atom stereocenters. The van der Waals surface area contributed by atoms with E-state index < -0.39 is 5.82 Å². The Morgan fingerprint density at radius 1 is 1.32 bits per heavy atom. The Morgan fingerprint density at radius 2 is 2.00 bits per heavy atom. The summed E-state index contributed by atoms with van der Waals surface area (Å²) in [6.45, 7) is 6.78. The predicted molar refractivity (Wildman–Crippen MR) is 81.2 cm³/mol. The molecular formula is C17H22FNO3. The highest BCUT2D eigenvalue weighted by molar-refractivity contribution is 5.98. The molecule has 0 aliphatic carbocycles. The van der Waals surface area contributed by atoms with E-state index in [1.54, 1.807) is 11.0 Å². The molecule has 120 valence electrons. The number of halogens is 1. The summed E-state index contributed by atoms with van der Waals surface area (Å²) in [7, 11) is 0. The van der Waals surface area contributed by atoms with Crippen LogP contribution in [0, 0.1) is 5.82 Å². The molecule has 1 amide bonds. The number of hydrogen-bond acceptors (Lipinski definition) is 3. The van der Waals surface area contributed by atoms with Crippen molar-refractivity contribution in [1.29, 1.82) is 0 Å². The largest absolute Gasteiger partial charge is 0.374 e. The second-order valence-corrected chi connectivity index (χ2v) is 6.34. The molecule has 1 aliphatic heterocycles. The molecule has 22 heavy (non-hydrogen) atoms. The van der Waals surface area contributed by atoms with Crippen LogP contribution in [0.1, 0.15) is 44.0 Å². The van der Waals surface area contributed by atoms with Crippen molar-refractivity contribution in [3.63, 3.8) is 0 Å². The van der Waals surface area contributed by atoms with Crippen LogP contribution in [0.3, 0.4) is 0 Å². The normalized spacial score (nSPS) is 20.7. The molecule has 5 heteroatoms. The summed E-state index contributed by atoms with van der Waals surface area (Å²) in [5.74, 6) is -0.976. The second kappa shape index (κ2) is 6.57. The Labute approximate surface area is 130 Å². The number of morpholine rings is 1. The standard InChI is InChI=1S/C17H22FNO3/c1-12-10-19(17(2,3)11-22-12)16(21)9-8-15(20)13-6-4-5-7-14(13)18/h4-7,12H,8-11H2,1-3H3. The van der Waals surface area contributed by atoms with E-state index in [-0.39, 0.29) is 41.7 Å². The van der Waals surface area contributed by atoms with Gasteiger partial charge in [0.2, 0.25) is 5.91 Å². The predicted octanol–water partition coefficient (Wildman–Crippen LogP) is 2.81. The number of ether oxygens (including phenoxy) is 1. The van der Waals surface area contributed by atoms with Crippen molar-refractivity contribution in [2.24, 2.45) is 0 Å². The third-order valence-corrected chi connectivity index (χ3v) is 3.93. The highest BCUT2D eigenvalue weighted by atomic mass is 19.1. The van der Waals surface area contributed by atoms with Crippen molar-refractivity contribution in [3.05, 3.63) is 35.6 Å². The maximum absolute atomic E-state index is 13.6. The summed E-state index contributed by atoms with van der Waals surface area (Å²) in [6, 6.07) is 5.85. The Morgan fingerprint density at radius 3 is 2.68 bits per heavy atom. The van der Waals surface area contributed by atoms with Crippen molar-refractivity contribution in [2.45, 2.75) is 45.3 Å². The molecule has 4 nitrogen and oxygen atoms in total. The van der Waals surface area contributed by atoms with Gasteiger partial charge in [0.1, 0.15) is 5.82 Å². The molecule has 0 bridgehead atoms. The number of nitrogens with zero attached hydrogens (tertiary/aromatic N) is 1. The molecule has 0 aromatic heterocycles. The summed E-state index contributed by atoms with van der Waals surface area (Å²) in [4.78, 5) is 26.2. The minimum Gasteiger partial charge on any atom is -0.374 e. The monoisotopic (exact) mass is 307 g/mol. The number of Topliss-reactive ketones (excluding diaryl/α,β-unsaturated/α-hetero) is 1. The van der Waals surface area contributed by atoms with Gasteiger partial charge in [0.15, 0.2) is 5.78 Å². The Balaban J connectivity index is 1.97. The minimum absolute atomic E-state index is 0.0146. The first kappa shape index (κ1) is 16.6. The second-order valence-electron chi connectivity index (χ2n) is 6.34. The Kier molecular flexibility index (Phi) is 4.96. The summed E-state index contributed by atoms with van der Waals surface area (Å²) in [5.41, 5.74) is -0.338. The molecule has 1 saturated heterocycles. The van der Waals surface area contributed by atoms with Gasteiger partial charge in [-0.25, -0.2) is 4.39 Å². The van der Waals surface area contributed by atoms with Gasteiger partial charge >= 0.3 is 0 Å². The topological polar surface area (TPSA) is 46.6 Å². The van der Waals surface area contributed by atoms with Crippen molar-refractivity contribution >= 4 is 11.7 Å². The van der Waals surface area contributed by atoms with E-state index in [0.717, 1.165) is 0 Å². The van der Waals surface area contributed by atoms with Gasteiger partial charge < -0.3 is 9.64 Å². The SMILES string of the molecule is CC1CN(C(=O)CCC(=O)c2ccccc2F)C(C)(C)CO1. The van der Waals surface area contributed by atoms with Crippen molar-refractivity contribution in [3.8, 4) is 0 Å². The number of hydrogen-bond donors (Lipinski definition) is 0. The van der Waals surface area contributed by atoms with Crippen molar-refractivity contribution in [1.82, 2.24) is 4.90 Å². The molecule has 2 rings (SSSR count). The van der Waals surface area contributed by atoms with E-state index >= 15 is 0 Å².